The highest BCUT2D eigenvalue weighted by atomic mass is 16.5. The second-order valence-corrected chi connectivity index (χ2v) is 7.01. The molecule has 1 aromatic carbocycles. The van der Waals surface area contributed by atoms with Crippen molar-refractivity contribution < 1.29 is 14.3 Å². The number of benzene rings is 1. The van der Waals surface area contributed by atoms with E-state index in [2.05, 4.69) is 28.5 Å². The lowest BCUT2D eigenvalue weighted by Gasteiger charge is -2.28. The summed E-state index contributed by atoms with van der Waals surface area (Å²) in [5.74, 6) is -0.457. The molecule has 26 heavy (non-hydrogen) atoms. The first kappa shape index (κ1) is 18.4. The molecule has 5 heteroatoms. The Kier molecular flexibility index (Phi) is 5.28. The predicted octanol–water partition coefficient (Wildman–Crippen LogP) is 3.66. The van der Waals surface area contributed by atoms with Crippen molar-refractivity contribution in [3.8, 4) is 0 Å². The number of hydrogen-bond donors (Lipinski definition) is 2. The maximum atomic E-state index is 13.0. The van der Waals surface area contributed by atoms with Crippen LogP contribution in [0.3, 0.4) is 0 Å². The van der Waals surface area contributed by atoms with E-state index in [4.69, 9.17) is 4.74 Å². The first-order chi connectivity index (χ1) is 12.4. The summed E-state index contributed by atoms with van der Waals surface area (Å²) in [6.45, 7) is 5.45. The number of fused-ring (bicyclic) bond motifs is 1. The van der Waals surface area contributed by atoms with Crippen molar-refractivity contribution in [2.24, 2.45) is 0 Å². The molecule has 1 aliphatic carbocycles. The van der Waals surface area contributed by atoms with Gasteiger partial charge in [-0.2, -0.15) is 0 Å². The van der Waals surface area contributed by atoms with Crippen molar-refractivity contribution in [1.29, 1.82) is 0 Å². The van der Waals surface area contributed by atoms with E-state index in [1.807, 2.05) is 13.0 Å². The quantitative estimate of drug-likeness (QED) is 0.635. The van der Waals surface area contributed by atoms with Crippen molar-refractivity contribution in [3.05, 3.63) is 57.9 Å². The highest BCUT2D eigenvalue weighted by Gasteiger charge is 2.28. The number of hydrogen-bond acceptors (Lipinski definition) is 4. The smallest absolute Gasteiger partial charge is 0.339 e. The Morgan fingerprint density at radius 2 is 2.00 bits per heavy atom. The molecule has 2 atom stereocenters. The number of carbonyl (C=O) groups is 2. The number of rotatable bonds is 5. The van der Waals surface area contributed by atoms with Crippen LogP contribution in [0.2, 0.25) is 0 Å². The molecule has 0 bridgehead atoms. The van der Waals surface area contributed by atoms with E-state index in [0.29, 0.717) is 22.5 Å². The molecule has 0 radical (unpaired) electrons. The van der Waals surface area contributed by atoms with Crippen LogP contribution in [-0.4, -0.2) is 29.9 Å². The van der Waals surface area contributed by atoms with E-state index >= 15 is 0 Å². The van der Waals surface area contributed by atoms with E-state index in [1.165, 1.54) is 18.2 Å². The molecule has 0 saturated carbocycles. The molecule has 3 rings (SSSR count). The van der Waals surface area contributed by atoms with E-state index in [1.54, 1.807) is 13.8 Å². The van der Waals surface area contributed by atoms with Gasteiger partial charge in [0.1, 0.15) is 0 Å². The number of ether oxygens (including phenoxy) is 1. The lowest BCUT2D eigenvalue weighted by molar-refractivity contribution is 0.0599. The molecule has 0 spiro atoms. The van der Waals surface area contributed by atoms with Crippen LogP contribution in [0.25, 0.3) is 0 Å². The van der Waals surface area contributed by atoms with Crippen LogP contribution >= 0.6 is 0 Å². The molecule has 2 aromatic rings. The summed E-state index contributed by atoms with van der Waals surface area (Å²) >= 11 is 0. The van der Waals surface area contributed by atoms with Gasteiger partial charge in [0, 0.05) is 11.7 Å². The number of aromatic amines is 1. The van der Waals surface area contributed by atoms with Gasteiger partial charge in [-0.25, -0.2) is 4.79 Å². The molecule has 0 unspecified atom stereocenters. The van der Waals surface area contributed by atoms with Gasteiger partial charge < -0.3 is 15.0 Å². The number of nitrogens with one attached hydrogen (secondary N) is 2. The SMILES string of the molecule is COC(=O)c1c(C)[nH]c(C(=O)[C@H](C)N[C@H]2CCCc3ccccc32)c1C. The van der Waals surface area contributed by atoms with Crippen molar-refractivity contribution in [1.82, 2.24) is 10.3 Å². The molecule has 2 N–H and O–H groups in total. The van der Waals surface area contributed by atoms with Gasteiger partial charge in [-0.15, -0.1) is 0 Å². The van der Waals surface area contributed by atoms with Crippen LogP contribution in [0, 0.1) is 13.8 Å². The van der Waals surface area contributed by atoms with Crippen LogP contribution in [0.4, 0.5) is 0 Å². The fourth-order valence-corrected chi connectivity index (χ4v) is 3.93. The maximum absolute atomic E-state index is 13.0. The zero-order chi connectivity index (χ0) is 18.8. The maximum Gasteiger partial charge on any atom is 0.339 e. The van der Waals surface area contributed by atoms with Crippen LogP contribution in [0.15, 0.2) is 24.3 Å². The van der Waals surface area contributed by atoms with Gasteiger partial charge in [-0.3, -0.25) is 4.79 Å². The number of H-pyrrole nitrogens is 1. The van der Waals surface area contributed by atoms with Crippen molar-refractivity contribution in [2.75, 3.05) is 7.11 Å². The first-order valence-corrected chi connectivity index (χ1v) is 9.09. The molecule has 5 nitrogen and oxygen atoms in total. The van der Waals surface area contributed by atoms with Crippen molar-refractivity contribution in [3.63, 3.8) is 0 Å². The average Bonchev–Trinajstić information content (AvgIpc) is 2.95. The number of esters is 1. The minimum atomic E-state index is -0.419. The standard InChI is InChI=1S/C21H26N2O3/c1-12-18(21(25)26-4)13(2)23-19(12)20(24)14(3)22-17-11-7-9-15-8-5-6-10-16(15)17/h5-6,8,10,14,17,22-23H,7,9,11H2,1-4H3/t14-,17-/m0/s1. The monoisotopic (exact) mass is 354 g/mol. The fraction of sp³-hybridized carbons (Fsp3) is 0.429. The van der Waals surface area contributed by atoms with Crippen LogP contribution in [-0.2, 0) is 11.2 Å². The Bertz CT molecular complexity index is 838. The molecule has 0 amide bonds. The van der Waals surface area contributed by atoms with Gasteiger partial charge in [0.15, 0.2) is 5.78 Å². The Balaban J connectivity index is 1.81. The third-order valence-electron chi connectivity index (χ3n) is 5.29. The average molecular weight is 354 g/mol. The van der Waals surface area contributed by atoms with Crippen molar-refractivity contribution >= 4 is 11.8 Å². The minimum Gasteiger partial charge on any atom is -0.465 e. The molecule has 1 heterocycles. The van der Waals surface area contributed by atoms with Gasteiger partial charge in [0.2, 0.25) is 0 Å². The van der Waals surface area contributed by atoms with Gasteiger partial charge in [0.05, 0.1) is 24.4 Å². The molecule has 1 aliphatic rings. The van der Waals surface area contributed by atoms with Crippen LogP contribution < -0.4 is 5.32 Å². The van der Waals surface area contributed by atoms with Gasteiger partial charge in [-0.05, 0) is 56.7 Å². The molecule has 0 aliphatic heterocycles. The number of aromatic nitrogens is 1. The highest BCUT2D eigenvalue weighted by molar-refractivity contribution is 6.03. The van der Waals surface area contributed by atoms with E-state index in [9.17, 15) is 9.59 Å². The van der Waals surface area contributed by atoms with Crippen LogP contribution in [0.1, 0.15) is 69.0 Å². The van der Waals surface area contributed by atoms with Gasteiger partial charge >= 0.3 is 5.97 Å². The molecule has 138 valence electrons. The predicted molar refractivity (Wildman–Crippen MR) is 101 cm³/mol. The Hall–Kier alpha value is -2.40. The molecule has 1 aromatic heterocycles. The molecular formula is C21H26N2O3. The summed E-state index contributed by atoms with van der Waals surface area (Å²) in [7, 11) is 1.35. The molecule has 0 fully saturated rings. The fourth-order valence-electron chi connectivity index (χ4n) is 3.93. The van der Waals surface area contributed by atoms with Gasteiger partial charge in [0.25, 0.3) is 0 Å². The first-order valence-electron chi connectivity index (χ1n) is 9.09. The summed E-state index contributed by atoms with van der Waals surface area (Å²) in [6.07, 6.45) is 3.22. The lowest BCUT2D eigenvalue weighted by Crippen LogP contribution is -2.38. The highest BCUT2D eigenvalue weighted by Crippen LogP contribution is 2.30. The second kappa shape index (κ2) is 7.46. The van der Waals surface area contributed by atoms with Gasteiger partial charge in [-0.1, -0.05) is 24.3 Å². The third-order valence-corrected chi connectivity index (χ3v) is 5.29. The zero-order valence-corrected chi connectivity index (χ0v) is 15.8. The Morgan fingerprint density at radius 1 is 1.27 bits per heavy atom. The Morgan fingerprint density at radius 3 is 2.73 bits per heavy atom. The summed E-state index contributed by atoms with van der Waals surface area (Å²) in [6, 6.07) is 8.24. The summed E-state index contributed by atoms with van der Waals surface area (Å²) in [4.78, 5) is 28.0. The number of methoxy groups -OCH3 is 1. The Labute approximate surface area is 154 Å². The summed E-state index contributed by atoms with van der Waals surface area (Å²) in [5, 5.41) is 3.49. The summed E-state index contributed by atoms with van der Waals surface area (Å²) in [5.41, 5.74) is 4.88. The normalized spacial score (nSPS) is 17.5. The minimum absolute atomic E-state index is 0.0381. The third kappa shape index (κ3) is 3.31. The van der Waals surface area contributed by atoms with E-state index in [-0.39, 0.29) is 17.9 Å². The van der Waals surface area contributed by atoms with Crippen LogP contribution in [0.5, 0.6) is 0 Å². The lowest BCUT2D eigenvalue weighted by atomic mass is 9.87. The zero-order valence-electron chi connectivity index (χ0n) is 15.8. The number of carbonyl (C=O) groups excluding carboxylic acids is 2. The topological polar surface area (TPSA) is 71.2 Å². The molecule has 0 saturated heterocycles. The second-order valence-electron chi connectivity index (χ2n) is 7.01. The molecular weight excluding hydrogens is 328 g/mol. The number of ketones is 1. The number of Topliss-reactive ketones (excluding diaryl/α,β-unsaturated/α-hetero) is 1. The van der Waals surface area contributed by atoms with Crippen molar-refractivity contribution in [2.45, 2.75) is 52.1 Å². The number of aryl methyl sites for hydroxylation is 2. The van der Waals surface area contributed by atoms with E-state index in [0.717, 1.165) is 19.3 Å². The van der Waals surface area contributed by atoms with E-state index < -0.39 is 5.97 Å². The summed E-state index contributed by atoms with van der Waals surface area (Å²) < 4.78 is 4.83. The largest absolute Gasteiger partial charge is 0.465 e.